The number of carbonyl (C=O) groups is 1. The molecule has 1 aromatic heterocycles. The van der Waals surface area contributed by atoms with Crippen LogP contribution in [0.5, 0.6) is 0 Å². The first-order chi connectivity index (χ1) is 17.1. The van der Waals surface area contributed by atoms with Gasteiger partial charge in [0.1, 0.15) is 5.60 Å². The van der Waals surface area contributed by atoms with E-state index in [0.717, 1.165) is 11.1 Å². The summed E-state index contributed by atoms with van der Waals surface area (Å²) >= 11 is 0. The van der Waals surface area contributed by atoms with Gasteiger partial charge in [-0.1, -0.05) is 36.4 Å². The second-order valence-corrected chi connectivity index (χ2v) is 9.72. The Hall–Kier alpha value is -4.56. The molecule has 0 spiro atoms. The third-order valence-electron chi connectivity index (χ3n) is 5.91. The number of allylic oxidation sites excluding steroid dienone is 4. The maximum atomic E-state index is 13.0. The lowest BCUT2D eigenvalue weighted by atomic mass is 9.81. The van der Waals surface area contributed by atoms with Gasteiger partial charge in [-0.2, -0.15) is 15.2 Å². The highest BCUT2D eigenvalue weighted by atomic mass is 16.6. The highest BCUT2D eigenvalue weighted by Gasteiger charge is 2.30. The van der Waals surface area contributed by atoms with Crippen LogP contribution in [0.3, 0.4) is 0 Å². The molecule has 2 aromatic carbocycles. The number of rotatable bonds is 4. The Labute approximate surface area is 210 Å². The van der Waals surface area contributed by atoms with Crippen LogP contribution in [-0.2, 0) is 11.3 Å². The molecule has 8 nitrogen and oxygen atoms in total. The van der Waals surface area contributed by atoms with Crippen molar-refractivity contribution >= 4 is 22.8 Å². The molecule has 0 fully saturated rings. The maximum absolute atomic E-state index is 13.0. The summed E-state index contributed by atoms with van der Waals surface area (Å²) in [6.45, 7) is 9.57. The minimum Gasteiger partial charge on any atom is -0.442 e. The van der Waals surface area contributed by atoms with Crippen molar-refractivity contribution in [3.63, 3.8) is 0 Å². The van der Waals surface area contributed by atoms with E-state index >= 15 is 0 Å². The number of nitrogens with one attached hydrogen (secondary N) is 2. The second kappa shape index (κ2) is 9.59. The Kier molecular flexibility index (Phi) is 6.55. The number of dihydropyridines is 1. The summed E-state index contributed by atoms with van der Waals surface area (Å²) in [6.07, 6.45) is -0.586. The van der Waals surface area contributed by atoms with E-state index in [2.05, 4.69) is 27.9 Å². The fraction of sp³-hybridized carbons (Fsp3) is 0.286. The largest absolute Gasteiger partial charge is 0.442 e. The fourth-order valence-corrected chi connectivity index (χ4v) is 4.30. The van der Waals surface area contributed by atoms with Gasteiger partial charge in [0.25, 0.3) is 0 Å². The van der Waals surface area contributed by atoms with Crippen LogP contribution < -0.4 is 10.6 Å². The van der Waals surface area contributed by atoms with E-state index in [0.29, 0.717) is 45.8 Å². The molecule has 182 valence electrons. The molecule has 2 heterocycles. The summed E-state index contributed by atoms with van der Waals surface area (Å²) in [5.41, 5.74) is 4.10. The number of nitrogens with zero attached hydrogens (tertiary/aromatic N) is 4. The maximum Gasteiger partial charge on any atom is 0.435 e. The van der Waals surface area contributed by atoms with Crippen molar-refractivity contribution in [2.45, 2.75) is 52.7 Å². The molecule has 36 heavy (non-hydrogen) atoms. The zero-order valence-electron chi connectivity index (χ0n) is 21.0. The van der Waals surface area contributed by atoms with Gasteiger partial charge >= 0.3 is 6.09 Å². The summed E-state index contributed by atoms with van der Waals surface area (Å²) in [5, 5.41) is 31.5. The number of fused-ring (bicyclic) bond motifs is 1. The highest BCUT2D eigenvalue weighted by molar-refractivity contribution is 5.96. The van der Waals surface area contributed by atoms with Crippen molar-refractivity contribution in [2.75, 3.05) is 5.32 Å². The van der Waals surface area contributed by atoms with Gasteiger partial charge in [0.2, 0.25) is 0 Å². The summed E-state index contributed by atoms with van der Waals surface area (Å²) in [6, 6.07) is 19.9. The molecule has 4 rings (SSSR count). The number of nitriles is 2. The van der Waals surface area contributed by atoms with Gasteiger partial charge in [0.15, 0.2) is 5.82 Å². The van der Waals surface area contributed by atoms with E-state index < -0.39 is 17.6 Å². The molecule has 0 saturated heterocycles. The lowest BCUT2D eigenvalue weighted by molar-refractivity contribution is 0.0523. The van der Waals surface area contributed by atoms with Crippen molar-refractivity contribution < 1.29 is 9.53 Å². The van der Waals surface area contributed by atoms with Gasteiger partial charge in [-0.05, 0) is 57.9 Å². The molecule has 1 aliphatic rings. The number of benzene rings is 2. The van der Waals surface area contributed by atoms with Gasteiger partial charge in [-0.25, -0.2) is 4.79 Å². The highest BCUT2D eigenvalue weighted by Crippen LogP contribution is 2.39. The lowest BCUT2D eigenvalue weighted by Gasteiger charge is -2.26. The normalized spacial score (nSPS) is 14.3. The molecule has 0 saturated carbocycles. The molecular formula is C28H28N6O2. The summed E-state index contributed by atoms with van der Waals surface area (Å²) in [7, 11) is 0. The van der Waals surface area contributed by atoms with E-state index in [1.165, 1.54) is 4.68 Å². The molecular weight excluding hydrogens is 452 g/mol. The van der Waals surface area contributed by atoms with Crippen LogP contribution in [0.15, 0.2) is 71.1 Å². The zero-order chi connectivity index (χ0) is 26.0. The van der Waals surface area contributed by atoms with Crippen LogP contribution in [0, 0.1) is 22.7 Å². The lowest BCUT2D eigenvalue weighted by Crippen LogP contribution is -2.27. The first-order valence-corrected chi connectivity index (χ1v) is 11.7. The first-order valence-electron chi connectivity index (χ1n) is 11.7. The minimum atomic E-state index is -0.684. The molecule has 0 radical (unpaired) electrons. The third kappa shape index (κ3) is 4.80. The molecule has 0 bridgehead atoms. The van der Waals surface area contributed by atoms with Crippen LogP contribution in [0.25, 0.3) is 10.9 Å². The Balaban J connectivity index is 1.84. The quantitative estimate of drug-likeness (QED) is 0.491. The number of ether oxygens (including phenoxy) is 1. The van der Waals surface area contributed by atoms with Crippen LogP contribution in [0.4, 0.5) is 10.6 Å². The van der Waals surface area contributed by atoms with Crippen molar-refractivity contribution in [3.8, 4) is 12.1 Å². The van der Waals surface area contributed by atoms with E-state index in [4.69, 9.17) is 4.74 Å². The second-order valence-electron chi connectivity index (χ2n) is 9.72. The molecule has 2 N–H and O–H groups in total. The standard InChI is InChI=1S/C28H28N6O2/c1-17-22(14-29)25(23(15-30)18(2)32-17)20-11-12-24-21(13-20)26(31-16-19-9-7-6-8-10-19)33-34(24)27(35)36-28(3,4)5/h6-13,25,32H,16H2,1-5H3,(H,31,33). The number of anilines is 1. The number of carbonyl (C=O) groups excluding carboxylic acids is 1. The van der Waals surface area contributed by atoms with Gasteiger partial charge < -0.3 is 15.4 Å². The van der Waals surface area contributed by atoms with Gasteiger partial charge in [-0.15, -0.1) is 5.10 Å². The van der Waals surface area contributed by atoms with Crippen molar-refractivity contribution in [1.82, 2.24) is 15.1 Å². The number of aromatic nitrogens is 2. The average Bonchev–Trinajstić information content (AvgIpc) is 3.20. The third-order valence-corrected chi connectivity index (χ3v) is 5.91. The Morgan fingerprint density at radius 3 is 2.31 bits per heavy atom. The molecule has 0 aliphatic carbocycles. The summed E-state index contributed by atoms with van der Waals surface area (Å²) < 4.78 is 6.82. The molecule has 0 amide bonds. The van der Waals surface area contributed by atoms with Crippen LogP contribution >= 0.6 is 0 Å². The van der Waals surface area contributed by atoms with E-state index in [9.17, 15) is 15.3 Å². The van der Waals surface area contributed by atoms with Crippen molar-refractivity contribution in [1.29, 1.82) is 10.5 Å². The van der Waals surface area contributed by atoms with E-state index in [-0.39, 0.29) is 0 Å². The average molecular weight is 481 g/mol. The Morgan fingerprint density at radius 1 is 1.08 bits per heavy atom. The van der Waals surface area contributed by atoms with Crippen LogP contribution in [-0.4, -0.2) is 21.5 Å². The summed E-state index contributed by atoms with van der Waals surface area (Å²) in [4.78, 5) is 13.0. The van der Waals surface area contributed by atoms with Crippen LogP contribution in [0.1, 0.15) is 51.7 Å². The van der Waals surface area contributed by atoms with Crippen molar-refractivity contribution in [3.05, 3.63) is 82.2 Å². The van der Waals surface area contributed by atoms with E-state index in [1.807, 2.05) is 56.3 Å². The first kappa shape index (κ1) is 24.6. The van der Waals surface area contributed by atoms with Gasteiger partial charge in [0.05, 0.1) is 34.7 Å². The molecule has 0 unspecified atom stereocenters. The number of hydrogen-bond donors (Lipinski definition) is 2. The molecule has 3 aromatic rings. The number of hydrogen-bond acceptors (Lipinski definition) is 7. The predicted molar refractivity (Wildman–Crippen MR) is 138 cm³/mol. The Bertz CT molecular complexity index is 1440. The predicted octanol–water partition coefficient (Wildman–Crippen LogP) is 5.71. The molecule has 0 atom stereocenters. The Morgan fingerprint density at radius 2 is 1.72 bits per heavy atom. The molecule has 1 aliphatic heterocycles. The van der Waals surface area contributed by atoms with Gasteiger partial charge in [0, 0.05) is 23.3 Å². The van der Waals surface area contributed by atoms with E-state index in [1.54, 1.807) is 26.8 Å². The topological polar surface area (TPSA) is 116 Å². The molecule has 8 heteroatoms. The monoisotopic (exact) mass is 480 g/mol. The minimum absolute atomic E-state index is 0.481. The zero-order valence-corrected chi connectivity index (χ0v) is 21.0. The smallest absolute Gasteiger partial charge is 0.435 e. The van der Waals surface area contributed by atoms with Crippen LogP contribution in [0.2, 0.25) is 0 Å². The fourth-order valence-electron chi connectivity index (χ4n) is 4.30. The summed E-state index contributed by atoms with van der Waals surface area (Å²) in [5.74, 6) is -0.00795. The van der Waals surface area contributed by atoms with Crippen molar-refractivity contribution in [2.24, 2.45) is 0 Å². The SMILES string of the molecule is CC1=C(C#N)C(c2ccc3c(c2)c(NCc2ccccc2)nn3C(=O)OC(C)(C)C)C(C#N)=C(C)N1. The van der Waals surface area contributed by atoms with Gasteiger partial charge in [-0.3, -0.25) is 0 Å².